The van der Waals surface area contributed by atoms with E-state index in [1.807, 2.05) is 43.3 Å². The summed E-state index contributed by atoms with van der Waals surface area (Å²) in [5.41, 5.74) is 7.45. The second kappa shape index (κ2) is 11.1. The van der Waals surface area contributed by atoms with Crippen molar-refractivity contribution < 1.29 is 23.5 Å². The summed E-state index contributed by atoms with van der Waals surface area (Å²) >= 11 is 0. The standard InChI is InChI=1S/C29H31FN2O2.CO2/c1-20-17-24(30)9-10-26(20)27-21(2)15-23(16-22(27)3)18-31-13-11-29(12-14-31)19-32(28(33)34-29)25-7-5-4-6-8-25;2-1-3/h4-10,15-17H,11-14,18-19H2,1-3H3;. The SMILES string of the molecule is Cc1cc(F)ccc1-c1c(C)cc(CN2CCC3(CC2)CN(c2ccccc2)C(=O)O3)cc1C.O=C=O. The maximum Gasteiger partial charge on any atom is 0.415 e. The lowest BCUT2D eigenvalue weighted by molar-refractivity contribution is -0.191. The van der Waals surface area contributed by atoms with Crippen molar-refractivity contribution in [1.82, 2.24) is 4.90 Å². The molecule has 1 amide bonds. The molecule has 2 aliphatic heterocycles. The number of anilines is 1. The summed E-state index contributed by atoms with van der Waals surface area (Å²) < 4.78 is 19.5. The van der Waals surface area contributed by atoms with Gasteiger partial charge in [0.1, 0.15) is 11.4 Å². The number of likely N-dealkylation sites (tertiary alicyclic amines) is 1. The van der Waals surface area contributed by atoms with Crippen LogP contribution in [0.2, 0.25) is 0 Å². The molecular weight excluding hydrogens is 471 g/mol. The van der Waals surface area contributed by atoms with Crippen LogP contribution < -0.4 is 4.90 Å². The molecule has 0 saturated carbocycles. The molecule has 2 saturated heterocycles. The molecule has 0 atom stereocenters. The number of hydrogen-bond acceptors (Lipinski definition) is 5. The van der Waals surface area contributed by atoms with E-state index in [1.54, 1.807) is 11.0 Å². The fraction of sp³-hybridized carbons (Fsp3) is 0.333. The Kier molecular flexibility index (Phi) is 7.86. The second-order valence-electron chi connectivity index (χ2n) is 9.90. The summed E-state index contributed by atoms with van der Waals surface area (Å²) in [5, 5.41) is 0. The van der Waals surface area contributed by atoms with E-state index in [4.69, 9.17) is 14.3 Å². The van der Waals surface area contributed by atoms with Crippen LogP contribution in [0, 0.1) is 26.6 Å². The molecule has 7 heteroatoms. The zero-order valence-electron chi connectivity index (χ0n) is 21.4. The number of piperidine rings is 1. The van der Waals surface area contributed by atoms with Crippen LogP contribution in [0.15, 0.2) is 60.7 Å². The first kappa shape index (κ1) is 26.3. The zero-order valence-corrected chi connectivity index (χ0v) is 21.4. The molecule has 5 rings (SSSR count). The Morgan fingerprint density at radius 1 is 0.919 bits per heavy atom. The van der Waals surface area contributed by atoms with E-state index in [1.165, 1.54) is 28.3 Å². The van der Waals surface area contributed by atoms with E-state index in [0.717, 1.165) is 49.3 Å². The number of halogens is 1. The number of rotatable bonds is 4. The minimum atomic E-state index is -0.390. The first-order valence-electron chi connectivity index (χ1n) is 12.4. The number of para-hydroxylation sites is 1. The highest BCUT2D eigenvalue weighted by Crippen LogP contribution is 2.37. The van der Waals surface area contributed by atoms with Crippen molar-refractivity contribution in [1.29, 1.82) is 0 Å². The second-order valence-corrected chi connectivity index (χ2v) is 9.90. The van der Waals surface area contributed by atoms with Crippen LogP contribution in [-0.4, -0.2) is 42.4 Å². The fourth-order valence-electron chi connectivity index (χ4n) is 5.54. The number of amides is 1. The Labute approximate surface area is 216 Å². The van der Waals surface area contributed by atoms with Crippen LogP contribution in [0.4, 0.5) is 14.9 Å². The van der Waals surface area contributed by atoms with E-state index in [9.17, 15) is 9.18 Å². The molecule has 0 N–H and O–H groups in total. The van der Waals surface area contributed by atoms with Crippen molar-refractivity contribution in [2.75, 3.05) is 24.5 Å². The molecule has 0 unspecified atom stereocenters. The average molecular weight is 503 g/mol. The molecule has 0 bridgehead atoms. The van der Waals surface area contributed by atoms with Gasteiger partial charge in [-0.25, -0.2) is 9.18 Å². The smallest absolute Gasteiger partial charge is 0.415 e. The van der Waals surface area contributed by atoms with E-state index in [2.05, 4.69) is 30.9 Å². The van der Waals surface area contributed by atoms with Crippen molar-refractivity contribution in [3.63, 3.8) is 0 Å². The summed E-state index contributed by atoms with van der Waals surface area (Å²) in [6.45, 7) is 9.51. The van der Waals surface area contributed by atoms with Gasteiger partial charge in [0.15, 0.2) is 0 Å². The number of aryl methyl sites for hydroxylation is 3. The highest BCUT2D eigenvalue weighted by Gasteiger charge is 2.47. The van der Waals surface area contributed by atoms with Crippen LogP contribution in [0.3, 0.4) is 0 Å². The Morgan fingerprint density at radius 3 is 2.14 bits per heavy atom. The van der Waals surface area contributed by atoms with Crippen molar-refractivity contribution >= 4 is 17.9 Å². The maximum atomic E-state index is 13.6. The van der Waals surface area contributed by atoms with Gasteiger partial charge < -0.3 is 4.74 Å². The van der Waals surface area contributed by atoms with Gasteiger partial charge in [-0.2, -0.15) is 9.59 Å². The first-order chi connectivity index (χ1) is 17.7. The first-order valence-corrected chi connectivity index (χ1v) is 12.4. The Hall–Kier alpha value is -3.80. The molecule has 3 aromatic carbocycles. The molecule has 1 spiro atoms. The van der Waals surface area contributed by atoms with E-state index in [-0.39, 0.29) is 23.7 Å². The molecule has 6 nitrogen and oxygen atoms in total. The predicted molar refractivity (Wildman–Crippen MR) is 139 cm³/mol. The number of ether oxygens (including phenoxy) is 1. The zero-order chi connectivity index (χ0) is 26.6. The normalized spacial score (nSPS) is 16.6. The van der Waals surface area contributed by atoms with Crippen LogP contribution in [0.25, 0.3) is 11.1 Å². The lowest BCUT2D eigenvalue weighted by Crippen LogP contribution is -2.46. The largest absolute Gasteiger partial charge is 0.441 e. The van der Waals surface area contributed by atoms with Gasteiger partial charge in [0.05, 0.1) is 6.54 Å². The fourth-order valence-corrected chi connectivity index (χ4v) is 5.54. The van der Waals surface area contributed by atoms with Gasteiger partial charge in [-0.3, -0.25) is 9.80 Å². The molecule has 2 heterocycles. The van der Waals surface area contributed by atoms with Gasteiger partial charge >= 0.3 is 12.2 Å². The predicted octanol–water partition coefficient (Wildman–Crippen LogP) is 5.83. The topological polar surface area (TPSA) is 66.9 Å². The van der Waals surface area contributed by atoms with Crippen molar-refractivity contribution in [3.05, 3.63) is 88.7 Å². The lowest BCUT2D eigenvalue weighted by atomic mass is 9.89. The molecular formula is C30H31FN2O4. The molecule has 3 aromatic rings. The van der Waals surface area contributed by atoms with Crippen LogP contribution >= 0.6 is 0 Å². The summed E-state index contributed by atoms with van der Waals surface area (Å²) in [4.78, 5) is 33.0. The third-order valence-corrected chi connectivity index (χ3v) is 7.26. The average Bonchev–Trinajstić information content (AvgIpc) is 3.18. The monoisotopic (exact) mass is 502 g/mol. The summed E-state index contributed by atoms with van der Waals surface area (Å²) in [6.07, 6.45) is 1.69. The minimum absolute atomic E-state index is 0.198. The van der Waals surface area contributed by atoms with Crippen molar-refractivity contribution in [3.8, 4) is 11.1 Å². The molecule has 2 fully saturated rings. The highest BCUT2D eigenvalue weighted by molar-refractivity contribution is 5.90. The highest BCUT2D eigenvalue weighted by atomic mass is 19.1. The number of hydrogen-bond donors (Lipinski definition) is 0. The minimum Gasteiger partial charge on any atom is -0.441 e. The van der Waals surface area contributed by atoms with Crippen LogP contribution in [0.1, 0.15) is 35.1 Å². The van der Waals surface area contributed by atoms with Gasteiger partial charge in [0.25, 0.3) is 0 Å². The lowest BCUT2D eigenvalue weighted by Gasteiger charge is -2.37. The van der Waals surface area contributed by atoms with Gasteiger partial charge in [-0.1, -0.05) is 36.4 Å². The van der Waals surface area contributed by atoms with Crippen molar-refractivity contribution in [2.24, 2.45) is 0 Å². The number of benzene rings is 3. The third-order valence-electron chi connectivity index (χ3n) is 7.26. The third kappa shape index (κ3) is 5.79. The number of carbonyl (C=O) groups is 1. The van der Waals surface area contributed by atoms with E-state index >= 15 is 0 Å². The van der Waals surface area contributed by atoms with Crippen molar-refractivity contribution in [2.45, 2.75) is 45.8 Å². The summed E-state index contributed by atoms with van der Waals surface area (Å²) in [6, 6.07) is 19.3. The van der Waals surface area contributed by atoms with E-state index < -0.39 is 0 Å². The van der Waals surface area contributed by atoms with Gasteiger partial charge in [-0.15, -0.1) is 0 Å². The van der Waals surface area contributed by atoms with E-state index in [0.29, 0.717) is 6.54 Å². The number of nitrogens with zero attached hydrogens (tertiary/aromatic N) is 2. The molecule has 0 aromatic heterocycles. The Morgan fingerprint density at radius 2 is 1.54 bits per heavy atom. The Balaban J connectivity index is 0.00000102. The maximum absolute atomic E-state index is 13.6. The van der Waals surface area contributed by atoms with Gasteiger partial charge in [0.2, 0.25) is 0 Å². The molecule has 0 radical (unpaired) electrons. The number of carbonyl (C=O) groups excluding carboxylic acids is 3. The molecule has 192 valence electrons. The Bertz CT molecular complexity index is 1290. The van der Waals surface area contributed by atoms with Gasteiger partial charge in [0, 0.05) is 38.2 Å². The molecule has 37 heavy (non-hydrogen) atoms. The van der Waals surface area contributed by atoms with Crippen LogP contribution in [-0.2, 0) is 20.9 Å². The van der Waals surface area contributed by atoms with Gasteiger partial charge in [-0.05, 0) is 78.4 Å². The molecule has 2 aliphatic rings. The van der Waals surface area contributed by atoms with Crippen LogP contribution in [0.5, 0.6) is 0 Å². The molecule has 0 aliphatic carbocycles. The summed E-state index contributed by atoms with van der Waals surface area (Å²) in [5.74, 6) is -0.198. The quantitative estimate of drug-likeness (QED) is 0.449. The summed E-state index contributed by atoms with van der Waals surface area (Å²) in [7, 11) is 0.